The van der Waals surface area contributed by atoms with Gasteiger partial charge < -0.3 is 5.32 Å². The largest absolute Gasteiger partial charge is 0.316 e. The Kier molecular flexibility index (Phi) is 7.85. The molecule has 1 aliphatic rings. The normalized spacial score (nSPS) is 18.8. The first kappa shape index (κ1) is 19.9. The molecule has 4 nitrogen and oxygen atoms in total. The molecule has 2 rings (SSSR count). The quantitative estimate of drug-likeness (QED) is 0.758. The number of hydrogen-bond acceptors (Lipinski definition) is 3. The summed E-state index contributed by atoms with van der Waals surface area (Å²) in [6, 6.07) is 2.39. The summed E-state index contributed by atoms with van der Waals surface area (Å²) >= 11 is 11.3. The molecule has 9 heteroatoms. The molecule has 1 aliphatic heterocycles. The standard InChI is InChI=1S/C13H17Cl2FN2O2S.ClH/c14-10-3-4-11(12(15)13(10)16)21(19,20)18-7-5-9-2-1-6-17-8-9;/h3-4,9,17-18H,1-2,5-8H2;1H. The second-order valence-corrected chi connectivity index (χ2v) is 7.59. The Bertz CT molecular complexity index is 608. The molecular weight excluding hydrogens is 374 g/mol. The van der Waals surface area contributed by atoms with Crippen molar-refractivity contribution < 1.29 is 12.8 Å². The lowest BCUT2D eigenvalue weighted by Crippen LogP contribution is -2.33. The highest BCUT2D eigenvalue weighted by atomic mass is 35.5. The molecule has 0 spiro atoms. The molecule has 1 aromatic rings. The molecular formula is C13H18Cl3FN2O2S. The van der Waals surface area contributed by atoms with Gasteiger partial charge in [0.15, 0.2) is 5.82 Å². The molecule has 1 heterocycles. The Morgan fingerprint density at radius 2 is 2.09 bits per heavy atom. The minimum absolute atomic E-state index is 0. The SMILES string of the molecule is Cl.O=S(=O)(NCCC1CCCNC1)c1ccc(Cl)c(F)c1Cl. The predicted octanol–water partition coefficient (Wildman–Crippen LogP) is 3.22. The number of rotatable bonds is 5. The number of hydrogen-bond donors (Lipinski definition) is 2. The lowest BCUT2D eigenvalue weighted by molar-refractivity contribution is 0.358. The van der Waals surface area contributed by atoms with E-state index in [1.165, 1.54) is 12.1 Å². The van der Waals surface area contributed by atoms with Crippen molar-refractivity contribution in [2.24, 2.45) is 5.92 Å². The van der Waals surface area contributed by atoms with Gasteiger partial charge in [0.2, 0.25) is 10.0 Å². The summed E-state index contributed by atoms with van der Waals surface area (Å²) in [6.45, 7) is 2.22. The van der Waals surface area contributed by atoms with Crippen LogP contribution in [0.3, 0.4) is 0 Å². The van der Waals surface area contributed by atoms with Crippen LogP contribution in [0.15, 0.2) is 17.0 Å². The van der Waals surface area contributed by atoms with Crippen LogP contribution >= 0.6 is 35.6 Å². The topological polar surface area (TPSA) is 58.2 Å². The highest BCUT2D eigenvalue weighted by Gasteiger charge is 2.22. The van der Waals surface area contributed by atoms with Crippen LogP contribution in [0.25, 0.3) is 0 Å². The summed E-state index contributed by atoms with van der Waals surface area (Å²) in [5.41, 5.74) is 0. The molecule has 22 heavy (non-hydrogen) atoms. The summed E-state index contributed by atoms with van der Waals surface area (Å²) in [5, 5.41) is 2.60. The van der Waals surface area contributed by atoms with Crippen LogP contribution in [0.5, 0.6) is 0 Å². The Hall–Kier alpha value is -0.110. The third-order valence-corrected chi connectivity index (χ3v) is 5.81. The van der Waals surface area contributed by atoms with Gasteiger partial charge in [0, 0.05) is 6.54 Å². The monoisotopic (exact) mass is 390 g/mol. The zero-order valence-electron chi connectivity index (χ0n) is 11.7. The zero-order chi connectivity index (χ0) is 15.5. The number of halogens is 4. The number of piperidine rings is 1. The van der Waals surface area contributed by atoms with Gasteiger partial charge in [-0.1, -0.05) is 23.2 Å². The van der Waals surface area contributed by atoms with Gasteiger partial charge in [-0.25, -0.2) is 17.5 Å². The van der Waals surface area contributed by atoms with Crippen molar-refractivity contribution in [1.82, 2.24) is 10.0 Å². The van der Waals surface area contributed by atoms with Crippen LogP contribution in [0.2, 0.25) is 10.0 Å². The van der Waals surface area contributed by atoms with Gasteiger partial charge in [-0.2, -0.15) is 0 Å². The Morgan fingerprint density at radius 3 is 2.73 bits per heavy atom. The van der Waals surface area contributed by atoms with Gasteiger partial charge in [-0.05, 0) is 50.4 Å². The molecule has 1 unspecified atom stereocenters. The first-order valence-electron chi connectivity index (χ1n) is 6.75. The minimum atomic E-state index is -3.83. The van der Waals surface area contributed by atoms with E-state index in [0.717, 1.165) is 32.4 Å². The smallest absolute Gasteiger partial charge is 0.242 e. The van der Waals surface area contributed by atoms with E-state index in [9.17, 15) is 12.8 Å². The summed E-state index contributed by atoms with van der Waals surface area (Å²) in [4.78, 5) is -0.284. The molecule has 0 aromatic heterocycles. The fourth-order valence-corrected chi connectivity index (χ4v) is 4.15. The van der Waals surface area contributed by atoms with Crippen molar-refractivity contribution in [3.63, 3.8) is 0 Å². The first-order chi connectivity index (χ1) is 9.92. The van der Waals surface area contributed by atoms with Crippen molar-refractivity contribution in [2.75, 3.05) is 19.6 Å². The molecule has 1 atom stereocenters. The van der Waals surface area contributed by atoms with Crippen molar-refractivity contribution >= 4 is 45.6 Å². The molecule has 1 saturated heterocycles. The molecule has 1 fully saturated rings. The molecule has 126 valence electrons. The zero-order valence-corrected chi connectivity index (χ0v) is 14.9. The maximum Gasteiger partial charge on any atom is 0.242 e. The highest BCUT2D eigenvalue weighted by molar-refractivity contribution is 7.89. The number of nitrogens with one attached hydrogen (secondary N) is 2. The Balaban J connectivity index is 0.00000242. The molecule has 0 aliphatic carbocycles. The Labute approximate surface area is 146 Å². The molecule has 1 aromatic carbocycles. The molecule has 0 bridgehead atoms. The van der Waals surface area contributed by atoms with Crippen LogP contribution in [0, 0.1) is 11.7 Å². The lowest BCUT2D eigenvalue weighted by Gasteiger charge is -2.22. The fraction of sp³-hybridized carbons (Fsp3) is 0.538. The fourth-order valence-electron chi connectivity index (χ4n) is 2.36. The van der Waals surface area contributed by atoms with Crippen LogP contribution in [0.4, 0.5) is 4.39 Å². The van der Waals surface area contributed by atoms with Crippen LogP contribution in [-0.4, -0.2) is 28.1 Å². The van der Waals surface area contributed by atoms with Gasteiger partial charge in [-0.15, -0.1) is 12.4 Å². The van der Waals surface area contributed by atoms with Crippen molar-refractivity contribution in [3.05, 3.63) is 28.0 Å². The summed E-state index contributed by atoms with van der Waals surface area (Å²) in [5.74, 6) is -0.462. The summed E-state index contributed by atoms with van der Waals surface area (Å²) < 4.78 is 40.3. The van der Waals surface area contributed by atoms with E-state index in [0.29, 0.717) is 12.5 Å². The minimum Gasteiger partial charge on any atom is -0.316 e. The van der Waals surface area contributed by atoms with Gasteiger partial charge in [0.1, 0.15) is 4.90 Å². The van der Waals surface area contributed by atoms with Gasteiger partial charge in [0.25, 0.3) is 0 Å². The summed E-state index contributed by atoms with van der Waals surface area (Å²) in [6.07, 6.45) is 2.93. The van der Waals surface area contributed by atoms with Gasteiger partial charge in [-0.3, -0.25) is 0 Å². The highest BCUT2D eigenvalue weighted by Crippen LogP contribution is 2.29. The number of benzene rings is 1. The van der Waals surface area contributed by atoms with Crippen LogP contribution in [-0.2, 0) is 10.0 Å². The number of sulfonamides is 1. The molecule has 2 N–H and O–H groups in total. The lowest BCUT2D eigenvalue weighted by atomic mass is 9.96. The van der Waals surface area contributed by atoms with Crippen LogP contribution < -0.4 is 10.0 Å². The second kappa shape index (κ2) is 8.66. The Morgan fingerprint density at radius 1 is 1.36 bits per heavy atom. The van der Waals surface area contributed by atoms with Gasteiger partial charge >= 0.3 is 0 Å². The third-order valence-electron chi connectivity index (χ3n) is 3.53. The third kappa shape index (κ3) is 4.94. The van der Waals surface area contributed by atoms with E-state index >= 15 is 0 Å². The maximum atomic E-state index is 13.6. The van der Waals surface area contributed by atoms with Crippen molar-refractivity contribution in [1.29, 1.82) is 0 Å². The van der Waals surface area contributed by atoms with E-state index in [2.05, 4.69) is 10.0 Å². The molecule has 0 saturated carbocycles. The molecule has 0 amide bonds. The van der Waals surface area contributed by atoms with Crippen molar-refractivity contribution in [2.45, 2.75) is 24.2 Å². The van der Waals surface area contributed by atoms with E-state index < -0.39 is 20.9 Å². The van der Waals surface area contributed by atoms with E-state index in [1.807, 2.05) is 0 Å². The molecule has 0 radical (unpaired) electrons. The van der Waals surface area contributed by atoms with Gasteiger partial charge in [0.05, 0.1) is 10.0 Å². The predicted molar refractivity (Wildman–Crippen MR) is 89.1 cm³/mol. The van der Waals surface area contributed by atoms with Crippen molar-refractivity contribution in [3.8, 4) is 0 Å². The average Bonchev–Trinajstić information content (AvgIpc) is 2.45. The van der Waals surface area contributed by atoms with Crippen LogP contribution in [0.1, 0.15) is 19.3 Å². The summed E-state index contributed by atoms with van der Waals surface area (Å²) in [7, 11) is -3.83. The average molecular weight is 392 g/mol. The first-order valence-corrected chi connectivity index (χ1v) is 8.99. The van der Waals surface area contributed by atoms with E-state index in [-0.39, 0.29) is 22.3 Å². The van der Waals surface area contributed by atoms with E-state index in [1.54, 1.807) is 0 Å². The second-order valence-electron chi connectivity index (χ2n) is 5.07. The van der Waals surface area contributed by atoms with E-state index in [4.69, 9.17) is 23.2 Å². The maximum absolute atomic E-state index is 13.6.